The van der Waals surface area contributed by atoms with Gasteiger partial charge in [-0.15, -0.1) is 0 Å². The number of anilines is 1. The number of benzene rings is 2. The van der Waals surface area contributed by atoms with Crippen LogP contribution in [0.2, 0.25) is 5.02 Å². The molecule has 0 radical (unpaired) electrons. The third kappa shape index (κ3) is 5.65. The van der Waals surface area contributed by atoms with Crippen LogP contribution < -0.4 is 19.7 Å². The summed E-state index contributed by atoms with van der Waals surface area (Å²) in [5, 5.41) is 2.93. The van der Waals surface area contributed by atoms with E-state index >= 15 is 0 Å². The molecule has 0 saturated heterocycles. The average Bonchev–Trinajstić information content (AvgIpc) is 2.80. The first-order valence-corrected chi connectivity index (χ1v) is 13.3. The number of amides is 2. The van der Waals surface area contributed by atoms with Crippen LogP contribution in [0.5, 0.6) is 11.5 Å². The van der Waals surface area contributed by atoms with E-state index in [1.165, 1.54) is 32.4 Å². The van der Waals surface area contributed by atoms with Crippen LogP contribution in [0.25, 0.3) is 0 Å². The lowest BCUT2D eigenvalue weighted by Gasteiger charge is -2.39. The second kappa shape index (κ2) is 10.7. The number of nitrogens with one attached hydrogen (secondary N) is 1. The highest BCUT2D eigenvalue weighted by molar-refractivity contribution is 7.90. The number of sulfone groups is 1. The van der Waals surface area contributed by atoms with Crippen LogP contribution in [0.3, 0.4) is 0 Å². The number of carbonyl (C=O) groups excluding carboxylic acids is 2. The van der Waals surface area contributed by atoms with Crippen LogP contribution in [0.1, 0.15) is 42.1 Å². The molecule has 2 aromatic rings. The molecule has 1 heterocycles. The van der Waals surface area contributed by atoms with E-state index in [0.29, 0.717) is 23.6 Å². The standard InChI is InChI=1S/C24H29ClN2O7S/c1-6-34-24(29)27-14(2)9-15(18-11-21(32-3)22(33-4)12-20(18)27)13-26-23(28)17-8-7-16(10-19(17)25)35(5,30)31/h7-8,10-12,14-15H,6,9,13H2,1-5H3,(H,26,28). The zero-order valence-electron chi connectivity index (χ0n) is 20.3. The molecule has 190 valence electrons. The normalized spacial score (nSPS) is 17.4. The van der Waals surface area contributed by atoms with Crippen LogP contribution >= 0.6 is 11.6 Å². The smallest absolute Gasteiger partial charge is 0.414 e. The molecular weight excluding hydrogens is 496 g/mol. The Morgan fingerprint density at radius 2 is 1.80 bits per heavy atom. The van der Waals surface area contributed by atoms with E-state index in [9.17, 15) is 18.0 Å². The van der Waals surface area contributed by atoms with Gasteiger partial charge >= 0.3 is 6.09 Å². The van der Waals surface area contributed by atoms with Gasteiger partial charge in [-0.05, 0) is 50.1 Å². The van der Waals surface area contributed by atoms with Gasteiger partial charge in [-0.3, -0.25) is 9.69 Å². The van der Waals surface area contributed by atoms with Crippen molar-refractivity contribution >= 4 is 39.1 Å². The summed E-state index contributed by atoms with van der Waals surface area (Å²) >= 11 is 6.20. The molecule has 11 heteroatoms. The lowest BCUT2D eigenvalue weighted by atomic mass is 9.85. The van der Waals surface area contributed by atoms with Crippen molar-refractivity contribution in [3.63, 3.8) is 0 Å². The van der Waals surface area contributed by atoms with Gasteiger partial charge in [-0.2, -0.15) is 0 Å². The third-order valence-electron chi connectivity index (χ3n) is 5.89. The third-order valence-corrected chi connectivity index (χ3v) is 7.31. The largest absolute Gasteiger partial charge is 0.493 e. The van der Waals surface area contributed by atoms with Gasteiger partial charge in [0.15, 0.2) is 21.3 Å². The van der Waals surface area contributed by atoms with Gasteiger partial charge in [0.05, 0.1) is 42.0 Å². The molecule has 1 aliphatic rings. The molecule has 1 N–H and O–H groups in total. The van der Waals surface area contributed by atoms with Crippen molar-refractivity contribution in [3.8, 4) is 11.5 Å². The first kappa shape index (κ1) is 26.6. The summed E-state index contributed by atoms with van der Waals surface area (Å²) in [5.74, 6) is 0.386. The van der Waals surface area contributed by atoms with E-state index in [4.69, 9.17) is 25.8 Å². The number of halogens is 1. The fourth-order valence-electron chi connectivity index (χ4n) is 4.19. The highest BCUT2D eigenvalue weighted by atomic mass is 35.5. The number of rotatable bonds is 7. The average molecular weight is 525 g/mol. The van der Waals surface area contributed by atoms with E-state index in [-0.39, 0.29) is 40.6 Å². The maximum absolute atomic E-state index is 12.9. The quantitative estimate of drug-likeness (QED) is 0.582. The van der Waals surface area contributed by atoms with Gasteiger partial charge in [0.1, 0.15) is 0 Å². The van der Waals surface area contributed by atoms with Crippen LogP contribution in [0, 0.1) is 0 Å². The summed E-state index contributed by atoms with van der Waals surface area (Å²) in [6.45, 7) is 4.15. The predicted molar refractivity (Wildman–Crippen MR) is 133 cm³/mol. The molecule has 2 unspecified atom stereocenters. The van der Waals surface area contributed by atoms with Gasteiger partial charge in [-0.25, -0.2) is 13.2 Å². The minimum Gasteiger partial charge on any atom is -0.493 e. The summed E-state index contributed by atoms with van der Waals surface area (Å²) in [7, 11) is -0.405. The predicted octanol–water partition coefficient (Wildman–Crippen LogP) is 4.03. The van der Waals surface area contributed by atoms with Gasteiger partial charge in [-0.1, -0.05) is 11.6 Å². The molecule has 0 fully saturated rings. The molecular formula is C24H29ClN2O7S. The van der Waals surface area contributed by atoms with Crippen LogP contribution in [0.4, 0.5) is 10.5 Å². The summed E-state index contributed by atoms with van der Waals surface area (Å²) in [6.07, 6.45) is 1.17. The van der Waals surface area contributed by atoms with Crippen molar-refractivity contribution in [1.29, 1.82) is 0 Å². The fraction of sp³-hybridized carbons (Fsp3) is 0.417. The maximum atomic E-state index is 12.9. The summed E-state index contributed by atoms with van der Waals surface area (Å²) < 4.78 is 39.6. The lowest BCUT2D eigenvalue weighted by molar-refractivity contribution is 0.0949. The monoisotopic (exact) mass is 524 g/mol. The van der Waals surface area contributed by atoms with Crippen LogP contribution in [-0.4, -0.2) is 60.1 Å². The van der Waals surface area contributed by atoms with E-state index in [2.05, 4.69) is 5.32 Å². The van der Waals surface area contributed by atoms with Gasteiger partial charge in [0, 0.05) is 30.8 Å². The van der Waals surface area contributed by atoms with Crippen LogP contribution in [0.15, 0.2) is 35.2 Å². The van der Waals surface area contributed by atoms with E-state index in [0.717, 1.165) is 11.8 Å². The Labute approximate surface area is 210 Å². The Morgan fingerprint density at radius 1 is 1.14 bits per heavy atom. The minimum absolute atomic E-state index is 0.0363. The molecule has 1 aliphatic heterocycles. The molecule has 0 aliphatic carbocycles. The van der Waals surface area contributed by atoms with Crippen molar-refractivity contribution in [2.45, 2.75) is 37.1 Å². The van der Waals surface area contributed by atoms with Gasteiger partial charge in [0.2, 0.25) is 0 Å². The van der Waals surface area contributed by atoms with Crippen molar-refractivity contribution in [3.05, 3.63) is 46.5 Å². The first-order valence-electron chi connectivity index (χ1n) is 11.0. The highest BCUT2D eigenvalue weighted by Gasteiger charge is 2.36. The first-order chi connectivity index (χ1) is 16.5. The second-order valence-corrected chi connectivity index (χ2v) is 10.7. The number of fused-ring (bicyclic) bond motifs is 1. The SMILES string of the molecule is CCOC(=O)N1c2cc(OC)c(OC)cc2C(CNC(=O)c2ccc(S(C)(=O)=O)cc2Cl)CC1C. The highest BCUT2D eigenvalue weighted by Crippen LogP contribution is 2.44. The Kier molecular flexibility index (Phi) is 8.17. The zero-order valence-corrected chi connectivity index (χ0v) is 21.8. The van der Waals surface area contributed by atoms with Gasteiger partial charge < -0.3 is 19.5 Å². The number of ether oxygens (including phenoxy) is 3. The molecule has 0 aromatic heterocycles. The van der Waals surface area contributed by atoms with E-state index < -0.39 is 21.8 Å². The molecule has 0 saturated carbocycles. The number of nitrogens with zero attached hydrogens (tertiary/aromatic N) is 1. The fourth-order valence-corrected chi connectivity index (χ4v) is 5.17. The van der Waals surface area contributed by atoms with E-state index in [1.807, 2.05) is 6.92 Å². The number of hydrogen-bond donors (Lipinski definition) is 1. The summed E-state index contributed by atoms with van der Waals surface area (Å²) in [4.78, 5) is 27.2. The Balaban J connectivity index is 1.91. The van der Waals surface area contributed by atoms with Crippen molar-refractivity contribution < 1.29 is 32.2 Å². The Morgan fingerprint density at radius 3 is 2.37 bits per heavy atom. The summed E-state index contributed by atoms with van der Waals surface area (Å²) in [5.41, 5.74) is 1.59. The molecule has 0 bridgehead atoms. The Bertz CT molecular complexity index is 1230. The zero-order chi connectivity index (χ0) is 25.9. The molecule has 2 amide bonds. The molecule has 35 heavy (non-hydrogen) atoms. The lowest BCUT2D eigenvalue weighted by Crippen LogP contribution is -2.45. The summed E-state index contributed by atoms with van der Waals surface area (Å²) in [6, 6.07) is 7.33. The van der Waals surface area contributed by atoms with Crippen molar-refractivity contribution in [2.24, 2.45) is 0 Å². The topological polar surface area (TPSA) is 111 Å². The van der Waals surface area contributed by atoms with Crippen molar-refractivity contribution in [2.75, 3.05) is 38.5 Å². The molecule has 3 rings (SSSR count). The second-order valence-electron chi connectivity index (χ2n) is 8.24. The number of carbonyl (C=O) groups is 2. The van der Waals surface area contributed by atoms with Gasteiger partial charge in [0.25, 0.3) is 5.91 Å². The molecule has 0 spiro atoms. The van der Waals surface area contributed by atoms with Crippen LogP contribution in [-0.2, 0) is 14.6 Å². The molecule has 9 nitrogen and oxygen atoms in total. The van der Waals surface area contributed by atoms with Crippen molar-refractivity contribution in [1.82, 2.24) is 5.32 Å². The maximum Gasteiger partial charge on any atom is 0.414 e. The van der Waals surface area contributed by atoms with E-state index in [1.54, 1.807) is 24.0 Å². The number of methoxy groups -OCH3 is 2. The number of hydrogen-bond acceptors (Lipinski definition) is 7. The minimum atomic E-state index is -3.45. The molecule has 2 atom stereocenters. The Hall–Kier alpha value is -2.98. The molecule has 2 aromatic carbocycles.